The summed E-state index contributed by atoms with van der Waals surface area (Å²) >= 11 is 0. The van der Waals surface area contributed by atoms with E-state index < -0.39 is 16.7 Å². The minimum Gasteiger partial charge on any atom is -0.313 e. The predicted molar refractivity (Wildman–Crippen MR) is 76.1 cm³/mol. The molecule has 110 valence electrons. The Morgan fingerprint density at radius 2 is 2.00 bits per heavy atom. The van der Waals surface area contributed by atoms with Crippen molar-refractivity contribution in [1.82, 2.24) is 10.2 Å². The number of hydrogen-bond acceptors (Lipinski definition) is 5. The van der Waals surface area contributed by atoms with Crippen LogP contribution >= 0.6 is 0 Å². The summed E-state index contributed by atoms with van der Waals surface area (Å²) in [6, 6.07) is 3.68. The molecule has 1 aliphatic rings. The Hall–Kier alpha value is -2.54. The summed E-state index contributed by atoms with van der Waals surface area (Å²) in [5, 5.41) is 13.8. The van der Waals surface area contributed by atoms with Gasteiger partial charge in [0.1, 0.15) is 0 Å². The van der Waals surface area contributed by atoms with Gasteiger partial charge >= 0.3 is 0 Å². The van der Waals surface area contributed by atoms with Gasteiger partial charge in [0.15, 0.2) is 0 Å². The molecule has 0 atom stereocenters. The van der Waals surface area contributed by atoms with Crippen molar-refractivity contribution in [3.05, 3.63) is 51.6 Å². The number of carbonyl (C=O) groups excluding carboxylic acids is 2. The molecular weight excluding hydrogens is 274 g/mol. The minimum atomic E-state index is -0.592. The van der Waals surface area contributed by atoms with E-state index in [4.69, 9.17) is 0 Å². The van der Waals surface area contributed by atoms with E-state index in [1.165, 1.54) is 12.1 Å². The molecule has 0 aliphatic carbocycles. The van der Waals surface area contributed by atoms with E-state index in [-0.39, 0.29) is 23.4 Å². The van der Waals surface area contributed by atoms with Gasteiger partial charge in [-0.25, -0.2) is 0 Å². The van der Waals surface area contributed by atoms with Crippen molar-refractivity contribution in [2.45, 2.75) is 6.92 Å². The lowest BCUT2D eigenvalue weighted by molar-refractivity contribution is -0.384. The Balaban J connectivity index is 2.22. The molecule has 0 bridgehead atoms. The Morgan fingerprint density at radius 3 is 2.62 bits per heavy atom. The van der Waals surface area contributed by atoms with Crippen molar-refractivity contribution in [2.24, 2.45) is 0 Å². The Labute approximate surface area is 121 Å². The molecule has 1 N–H and O–H groups in total. The first-order valence-corrected chi connectivity index (χ1v) is 6.47. The molecule has 1 aromatic rings. The molecule has 2 amide bonds. The predicted octanol–water partition coefficient (Wildman–Crippen LogP) is 1.36. The van der Waals surface area contributed by atoms with Crippen LogP contribution < -0.4 is 5.32 Å². The Bertz CT molecular complexity index is 639. The van der Waals surface area contributed by atoms with E-state index in [1.54, 1.807) is 0 Å². The highest BCUT2D eigenvalue weighted by molar-refractivity contribution is 6.21. The van der Waals surface area contributed by atoms with Crippen LogP contribution in [0.3, 0.4) is 0 Å². The first-order chi connectivity index (χ1) is 9.95. The molecule has 0 spiro atoms. The van der Waals surface area contributed by atoms with Gasteiger partial charge in [-0.2, -0.15) is 0 Å². The number of fused-ring (bicyclic) bond motifs is 1. The third-order valence-electron chi connectivity index (χ3n) is 3.17. The minimum absolute atomic E-state index is 0.0745. The average molecular weight is 289 g/mol. The molecule has 0 radical (unpaired) electrons. The van der Waals surface area contributed by atoms with Crippen LogP contribution in [0.1, 0.15) is 27.6 Å². The van der Waals surface area contributed by atoms with Gasteiger partial charge in [-0.3, -0.25) is 24.6 Å². The number of amides is 2. The number of nitrogens with zero attached hydrogens (tertiary/aromatic N) is 2. The summed E-state index contributed by atoms with van der Waals surface area (Å²) in [5.74, 6) is -0.959. The van der Waals surface area contributed by atoms with Gasteiger partial charge in [0.25, 0.3) is 17.5 Å². The zero-order valence-corrected chi connectivity index (χ0v) is 11.6. The smallest absolute Gasteiger partial charge is 0.270 e. The molecule has 0 unspecified atom stereocenters. The van der Waals surface area contributed by atoms with Crippen molar-refractivity contribution in [2.75, 3.05) is 19.6 Å². The number of nitro benzene ring substituents is 1. The number of rotatable bonds is 6. The summed E-state index contributed by atoms with van der Waals surface area (Å²) in [4.78, 5) is 35.6. The molecule has 1 heterocycles. The second-order valence-electron chi connectivity index (χ2n) is 4.71. The number of likely N-dealkylation sites (N-methyl/N-ethyl adjacent to an activating group) is 1. The van der Waals surface area contributed by atoms with E-state index in [1.807, 2.05) is 6.92 Å². The van der Waals surface area contributed by atoms with Gasteiger partial charge in [-0.1, -0.05) is 13.5 Å². The van der Waals surface area contributed by atoms with Crippen molar-refractivity contribution in [1.29, 1.82) is 0 Å². The number of nitrogens with one attached hydrogen (secondary N) is 1. The molecule has 7 nitrogen and oxygen atoms in total. The van der Waals surface area contributed by atoms with Crippen LogP contribution in [0, 0.1) is 10.1 Å². The van der Waals surface area contributed by atoms with Gasteiger partial charge < -0.3 is 5.32 Å². The summed E-state index contributed by atoms with van der Waals surface area (Å²) in [5.41, 5.74) is 0.761. The lowest BCUT2D eigenvalue weighted by atomic mass is 10.1. The molecule has 0 fully saturated rings. The fourth-order valence-electron chi connectivity index (χ4n) is 2.12. The molecule has 21 heavy (non-hydrogen) atoms. The number of hydrogen-bond donors (Lipinski definition) is 1. The Kier molecular flexibility index (Phi) is 4.13. The number of carbonyl (C=O) groups is 2. The first kappa shape index (κ1) is 14.9. The molecule has 0 saturated carbocycles. The first-order valence-electron chi connectivity index (χ1n) is 6.47. The van der Waals surface area contributed by atoms with Crippen LogP contribution in [0.2, 0.25) is 0 Å². The quantitative estimate of drug-likeness (QED) is 0.369. The second-order valence-corrected chi connectivity index (χ2v) is 4.71. The highest BCUT2D eigenvalue weighted by Crippen LogP contribution is 2.27. The van der Waals surface area contributed by atoms with Crippen LogP contribution in [-0.2, 0) is 0 Å². The largest absolute Gasteiger partial charge is 0.313 e. The van der Waals surface area contributed by atoms with Crippen molar-refractivity contribution in [3.63, 3.8) is 0 Å². The highest BCUT2D eigenvalue weighted by Gasteiger charge is 2.36. The number of imide groups is 1. The third-order valence-corrected chi connectivity index (χ3v) is 3.17. The van der Waals surface area contributed by atoms with E-state index in [9.17, 15) is 19.7 Å². The van der Waals surface area contributed by atoms with E-state index in [2.05, 4.69) is 11.9 Å². The van der Waals surface area contributed by atoms with Crippen molar-refractivity contribution < 1.29 is 14.5 Å². The molecule has 0 saturated heterocycles. The van der Waals surface area contributed by atoms with E-state index >= 15 is 0 Å². The molecule has 0 aromatic heterocycles. The van der Waals surface area contributed by atoms with Crippen LogP contribution in [0.15, 0.2) is 30.4 Å². The van der Waals surface area contributed by atoms with Crippen LogP contribution in [0.4, 0.5) is 5.69 Å². The van der Waals surface area contributed by atoms with Crippen LogP contribution in [0.25, 0.3) is 0 Å². The second kappa shape index (κ2) is 5.84. The maximum Gasteiger partial charge on any atom is 0.270 e. The standard InChI is InChI=1S/C14H15N3O4/c1-3-15-7-9(2)8-16-13(18)11-5-4-10(17(20)21)6-12(11)14(16)19/h4-6,15H,2-3,7-8H2,1H3. The van der Waals surface area contributed by atoms with Crippen molar-refractivity contribution in [3.8, 4) is 0 Å². The lowest BCUT2D eigenvalue weighted by Crippen LogP contribution is -2.33. The fourth-order valence-corrected chi connectivity index (χ4v) is 2.12. The van der Waals surface area contributed by atoms with Crippen LogP contribution in [-0.4, -0.2) is 41.3 Å². The summed E-state index contributed by atoms with van der Waals surface area (Å²) in [6.07, 6.45) is 0. The normalized spacial score (nSPS) is 13.5. The van der Waals surface area contributed by atoms with E-state index in [0.29, 0.717) is 12.1 Å². The summed E-state index contributed by atoms with van der Waals surface area (Å²) in [7, 11) is 0. The topological polar surface area (TPSA) is 92.6 Å². The SMILES string of the molecule is C=C(CNCC)CN1C(=O)c2ccc([N+](=O)[O-])cc2C1=O. The molecule has 2 rings (SSSR count). The Morgan fingerprint density at radius 1 is 1.33 bits per heavy atom. The van der Waals surface area contributed by atoms with Crippen molar-refractivity contribution >= 4 is 17.5 Å². The van der Waals surface area contributed by atoms with Gasteiger partial charge in [-0.05, 0) is 18.2 Å². The molecule has 7 heteroatoms. The number of non-ortho nitro benzene ring substituents is 1. The van der Waals surface area contributed by atoms with Gasteiger partial charge in [0, 0.05) is 18.7 Å². The zero-order valence-electron chi connectivity index (χ0n) is 11.6. The summed E-state index contributed by atoms with van der Waals surface area (Å²) < 4.78 is 0. The maximum absolute atomic E-state index is 12.2. The molecule has 1 aromatic carbocycles. The zero-order chi connectivity index (χ0) is 15.6. The average Bonchev–Trinajstić information content (AvgIpc) is 2.69. The van der Waals surface area contributed by atoms with Gasteiger partial charge in [0.05, 0.1) is 22.6 Å². The maximum atomic E-state index is 12.2. The fraction of sp³-hybridized carbons (Fsp3) is 0.286. The number of nitro groups is 1. The van der Waals surface area contributed by atoms with Gasteiger partial charge in [0.2, 0.25) is 0 Å². The van der Waals surface area contributed by atoms with E-state index in [0.717, 1.165) is 17.5 Å². The molecular formula is C14H15N3O4. The highest BCUT2D eigenvalue weighted by atomic mass is 16.6. The monoisotopic (exact) mass is 289 g/mol. The lowest BCUT2D eigenvalue weighted by Gasteiger charge is -2.15. The van der Waals surface area contributed by atoms with Gasteiger partial charge in [-0.15, -0.1) is 0 Å². The summed E-state index contributed by atoms with van der Waals surface area (Å²) in [6.45, 7) is 7.12. The number of benzene rings is 1. The third kappa shape index (κ3) is 2.82. The van der Waals surface area contributed by atoms with Crippen LogP contribution in [0.5, 0.6) is 0 Å². The molecule has 1 aliphatic heterocycles.